The Kier molecular flexibility index (Phi) is 5.16. The van der Waals surface area contributed by atoms with Gasteiger partial charge < -0.3 is 13.9 Å². The van der Waals surface area contributed by atoms with Gasteiger partial charge in [-0.1, -0.05) is 18.2 Å². The minimum atomic E-state index is -4.03. The molecule has 130 valence electrons. The second kappa shape index (κ2) is 7.50. The number of rotatable bonds is 7. The van der Waals surface area contributed by atoms with Gasteiger partial charge in [0.2, 0.25) is 0 Å². The molecule has 7 heteroatoms. The molecule has 0 saturated carbocycles. The van der Waals surface area contributed by atoms with Crippen LogP contribution in [0.5, 0.6) is 5.75 Å². The van der Waals surface area contributed by atoms with Gasteiger partial charge >= 0.3 is 10.1 Å². The smallest absolute Gasteiger partial charge is 0.339 e. The average molecular weight is 361 g/mol. The summed E-state index contributed by atoms with van der Waals surface area (Å²) < 4.78 is 48.1. The van der Waals surface area contributed by atoms with Gasteiger partial charge in [-0.2, -0.15) is 8.42 Å². The molecule has 0 aliphatic rings. The highest BCUT2D eigenvalue weighted by atomic mass is 32.2. The van der Waals surface area contributed by atoms with E-state index in [1.165, 1.54) is 12.1 Å². The van der Waals surface area contributed by atoms with E-state index >= 15 is 0 Å². The summed E-state index contributed by atoms with van der Waals surface area (Å²) >= 11 is 0. The van der Waals surface area contributed by atoms with Crippen molar-refractivity contribution in [2.24, 2.45) is 0 Å². The van der Waals surface area contributed by atoms with Gasteiger partial charge in [-0.05, 0) is 42.5 Å². The van der Waals surface area contributed by atoms with Crippen LogP contribution in [0.1, 0.15) is 11.3 Å². The van der Waals surface area contributed by atoms with Crippen LogP contribution in [-0.4, -0.2) is 8.42 Å². The van der Waals surface area contributed by atoms with E-state index in [1.807, 2.05) is 6.07 Å². The Labute approximate surface area is 145 Å². The van der Waals surface area contributed by atoms with E-state index in [-0.39, 0.29) is 10.6 Å². The number of para-hydroxylation sites is 1. The molecule has 5 nitrogen and oxygen atoms in total. The summed E-state index contributed by atoms with van der Waals surface area (Å²) in [5, 5.41) is 3.16. The van der Waals surface area contributed by atoms with Gasteiger partial charge in [-0.15, -0.1) is 0 Å². The Morgan fingerprint density at radius 2 is 1.72 bits per heavy atom. The van der Waals surface area contributed by atoms with Crippen molar-refractivity contribution in [1.82, 2.24) is 5.32 Å². The predicted molar refractivity (Wildman–Crippen MR) is 89.9 cm³/mol. The first-order valence-electron chi connectivity index (χ1n) is 7.56. The van der Waals surface area contributed by atoms with Crippen molar-refractivity contribution in [3.8, 4) is 5.75 Å². The zero-order valence-electron chi connectivity index (χ0n) is 13.2. The van der Waals surface area contributed by atoms with Crippen molar-refractivity contribution in [2.45, 2.75) is 18.0 Å². The topological polar surface area (TPSA) is 68.5 Å². The minimum Gasteiger partial charge on any atom is -0.468 e. The standard InChI is InChI=1S/C18H16FNO4S/c19-15-7-9-17(10-8-15)25(21,22)24-18-6-2-1-4-14(18)12-20-13-16-5-3-11-23-16/h1-11,20H,12-13H2. The van der Waals surface area contributed by atoms with Gasteiger partial charge in [-0.3, -0.25) is 0 Å². The van der Waals surface area contributed by atoms with Gasteiger partial charge in [-0.25, -0.2) is 4.39 Å². The third kappa shape index (κ3) is 4.46. The van der Waals surface area contributed by atoms with Crippen molar-refractivity contribution < 1.29 is 21.4 Å². The van der Waals surface area contributed by atoms with Crippen LogP contribution in [0.3, 0.4) is 0 Å². The summed E-state index contributed by atoms with van der Waals surface area (Å²) in [5.41, 5.74) is 0.680. The SMILES string of the molecule is O=S(=O)(Oc1ccccc1CNCc1ccco1)c1ccc(F)cc1. The number of nitrogens with one attached hydrogen (secondary N) is 1. The summed E-state index contributed by atoms with van der Waals surface area (Å²) in [6.45, 7) is 0.905. The molecule has 0 aliphatic heterocycles. The maximum absolute atomic E-state index is 13.0. The number of hydrogen-bond acceptors (Lipinski definition) is 5. The monoisotopic (exact) mass is 361 g/mol. The fraction of sp³-hybridized carbons (Fsp3) is 0.111. The fourth-order valence-electron chi connectivity index (χ4n) is 2.23. The van der Waals surface area contributed by atoms with E-state index in [2.05, 4.69) is 5.32 Å². The summed E-state index contributed by atoms with van der Waals surface area (Å²) in [6.07, 6.45) is 1.59. The second-order valence-corrected chi connectivity index (χ2v) is 6.83. The molecule has 0 fully saturated rings. The van der Waals surface area contributed by atoms with E-state index in [0.717, 1.165) is 17.9 Å². The molecule has 0 atom stereocenters. The molecular formula is C18H16FNO4S. The van der Waals surface area contributed by atoms with Crippen molar-refractivity contribution >= 4 is 10.1 Å². The molecule has 3 aromatic rings. The van der Waals surface area contributed by atoms with Crippen LogP contribution in [0, 0.1) is 5.82 Å². The van der Waals surface area contributed by atoms with Crippen LogP contribution in [0.25, 0.3) is 0 Å². The molecule has 0 aliphatic carbocycles. The molecular weight excluding hydrogens is 345 g/mol. The first-order chi connectivity index (χ1) is 12.0. The summed E-state index contributed by atoms with van der Waals surface area (Å²) in [7, 11) is -4.03. The molecule has 0 radical (unpaired) electrons. The van der Waals surface area contributed by atoms with Gasteiger partial charge in [0.05, 0.1) is 12.8 Å². The van der Waals surface area contributed by atoms with Crippen LogP contribution in [-0.2, 0) is 23.2 Å². The first-order valence-corrected chi connectivity index (χ1v) is 8.96. The van der Waals surface area contributed by atoms with E-state index < -0.39 is 15.9 Å². The zero-order chi connectivity index (χ0) is 17.7. The molecule has 1 N–H and O–H groups in total. The largest absolute Gasteiger partial charge is 0.468 e. The third-order valence-electron chi connectivity index (χ3n) is 3.47. The lowest BCUT2D eigenvalue weighted by Crippen LogP contribution is -2.15. The van der Waals surface area contributed by atoms with Crippen molar-refractivity contribution in [2.75, 3.05) is 0 Å². The minimum absolute atomic E-state index is 0.104. The van der Waals surface area contributed by atoms with Crippen LogP contribution in [0.4, 0.5) is 4.39 Å². The maximum atomic E-state index is 13.0. The van der Waals surface area contributed by atoms with Crippen LogP contribution in [0.2, 0.25) is 0 Å². The molecule has 0 amide bonds. The van der Waals surface area contributed by atoms with Crippen molar-refractivity contribution in [3.63, 3.8) is 0 Å². The van der Waals surface area contributed by atoms with E-state index in [1.54, 1.807) is 36.6 Å². The van der Waals surface area contributed by atoms with Crippen LogP contribution >= 0.6 is 0 Å². The van der Waals surface area contributed by atoms with Gasteiger partial charge in [0, 0.05) is 12.1 Å². The molecule has 0 saturated heterocycles. The quantitative estimate of drug-likeness (QED) is 0.653. The number of furan rings is 1. The molecule has 0 spiro atoms. The zero-order valence-corrected chi connectivity index (χ0v) is 14.0. The molecule has 0 unspecified atom stereocenters. The Hall–Kier alpha value is -2.64. The lowest BCUT2D eigenvalue weighted by Gasteiger charge is -2.12. The summed E-state index contributed by atoms with van der Waals surface area (Å²) in [4.78, 5) is -0.104. The molecule has 25 heavy (non-hydrogen) atoms. The molecule has 3 rings (SSSR count). The molecule has 0 bridgehead atoms. The van der Waals surface area contributed by atoms with E-state index in [4.69, 9.17) is 8.60 Å². The highest BCUT2D eigenvalue weighted by Crippen LogP contribution is 2.23. The van der Waals surface area contributed by atoms with Gasteiger partial charge in [0.15, 0.2) is 0 Å². The summed E-state index contributed by atoms with van der Waals surface area (Å²) in [6, 6.07) is 14.9. The van der Waals surface area contributed by atoms with E-state index in [0.29, 0.717) is 18.7 Å². The normalized spacial score (nSPS) is 11.4. The maximum Gasteiger partial charge on any atom is 0.339 e. The lowest BCUT2D eigenvalue weighted by molar-refractivity contribution is 0.470. The van der Waals surface area contributed by atoms with Crippen LogP contribution < -0.4 is 9.50 Å². The Morgan fingerprint density at radius 1 is 0.960 bits per heavy atom. The molecule has 1 aromatic heterocycles. The highest BCUT2D eigenvalue weighted by Gasteiger charge is 2.18. The number of benzene rings is 2. The molecule has 1 heterocycles. The predicted octanol–water partition coefficient (Wildman–Crippen LogP) is 3.48. The first kappa shape index (κ1) is 17.2. The second-order valence-electron chi connectivity index (χ2n) is 5.28. The lowest BCUT2D eigenvalue weighted by atomic mass is 10.2. The Bertz CT molecular complexity index is 922. The van der Waals surface area contributed by atoms with Gasteiger partial charge in [0.1, 0.15) is 22.2 Å². The number of hydrogen-bond donors (Lipinski definition) is 1. The fourth-order valence-corrected chi connectivity index (χ4v) is 3.20. The summed E-state index contributed by atoms with van der Waals surface area (Å²) in [5.74, 6) is 0.484. The highest BCUT2D eigenvalue weighted by molar-refractivity contribution is 7.87. The number of halogens is 1. The Morgan fingerprint density at radius 3 is 2.44 bits per heavy atom. The van der Waals surface area contributed by atoms with Crippen molar-refractivity contribution in [3.05, 3.63) is 84.1 Å². The third-order valence-corrected chi connectivity index (χ3v) is 4.72. The molecule has 2 aromatic carbocycles. The Balaban J connectivity index is 1.72. The van der Waals surface area contributed by atoms with Crippen LogP contribution in [0.15, 0.2) is 76.2 Å². The van der Waals surface area contributed by atoms with E-state index in [9.17, 15) is 12.8 Å². The van der Waals surface area contributed by atoms with Gasteiger partial charge in [0.25, 0.3) is 0 Å². The van der Waals surface area contributed by atoms with Crippen molar-refractivity contribution in [1.29, 1.82) is 0 Å². The average Bonchev–Trinajstić information content (AvgIpc) is 3.10.